The first-order chi connectivity index (χ1) is 7.44. The lowest BCUT2D eigenvalue weighted by molar-refractivity contribution is 0.241. The Labute approximate surface area is 107 Å². The normalized spacial score (nSPS) is 13.8. The zero-order valence-corrected chi connectivity index (χ0v) is 11.9. The van der Waals surface area contributed by atoms with Gasteiger partial charge in [0.1, 0.15) is 0 Å². The third-order valence-corrected chi connectivity index (χ3v) is 3.53. The van der Waals surface area contributed by atoms with Crippen LogP contribution in [0.25, 0.3) is 0 Å². The Morgan fingerprint density at radius 1 is 1.25 bits per heavy atom. The predicted octanol–water partition coefficient (Wildman–Crippen LogP) is 4.35. The van der Waals surface area contributed by atoms with E-state index in [1.807, 2.05) is 18.2 Å². The van der Waals surface area contributed by atoms with Gasteiger partial charge in [-0.1, -0.05) is 54.9 Å². The Morgan fingerprint density at radius 2 is 1.88 bits per heavy atom. The Hall–Kier alpha value is -0.340. The second-order valence-corrected chi connectivity index (χ2v) is 6.35. The SMILES string of the molecule is CC(C)(C)CCC(CO)c1ccccc1Br. The highest BCUT2D eigenvalue weighted by Crippen LogP contribution is 2.32. The first-order valence-electron chi connectivity index (χ1n) is 5.79. The van der Waals surface area contributed by atoms with Crippen molar-refractivity contribution in [3.8, 4) is 0 Å². The van der Waals surface area contributed by atoms with Crippen molar-refractivity contribution in [2.75, 3.05) is 6.61 Å². The van der Waals surface area contributed by atoms with Crippen molar-refractivity contribution in [3.63, 3.8) is 0 Å². The maximum atomic E-state index is 9.48. The molecule has 2 heteroatoms. The highest BCUT2D eigenvalue weighted by Gasteiger charge is 2.17. The van der Waals surface area contributed by atoms with E-state index in [-0.39, 0.29) is 12.5 Å². The van der Waals surface area contributed by atoms with Gasteiger partial charge in [0.25, 0.3) is 0 Å². The molecule has 0 spiro atoms. The molecule has 1 aromatic carbocycles. The van der Waals surface area contributed by atoms with Crippen molar-refractivity contribution in [2.45, 2.75) is 39.5 Å². The van der Waals surface area contributed by atoms with Crippen molar-refractivity contribution in [2.24, 2.45) is 5.41 Å². The van der Waals surface area contributed by atoms with Gasteiger partial charge < -0.3 is 5.11 Å². The Bertz CT molecular complexity index is 328. The summed E-state index contributed by atoms with van der Waals surface area (Å²) in [6.07, 6.45) is 2.15. The fourth-order valence-corrected chi connectivity index (χ4v) is 2.37. The van der Waals surface area contributed by atoms with E-state index >= 15 is 0 Å². The van der Waals surface area contributed by atoms with Gasteiger partial charge in [0.15, 0.2) is 0 Å². The second-order valence-electron chi connectivity index (χ2n) is 5.50. The molecule has 1 atom stereocenters. The van der Waals surface area contributed by atoms with E-state index in [2.05, 4.69) is 42.8 Å². The summed E-state index contributed by atoms with van der Waals surface area (Å²) < 4.78 is 1.10. The van der Waals surface area contributed by atoms with Crippen LogP contribution in [0, 0.1) is 5.41 Å². The van der Waals surface area contributed by atoms with Crippen LogP contribution in [0.3, 0.4) is 0 Å². The number of rotatable bonds is 4. The molecular weight excluding hydrogens is 264 g/mol. The molecule has 0 aliphatic carbocycles. The molecule has 0 saturated heterocycles. The van der Waals surface area contributed by atoms with Crippen LogP contribution in [0.15, 0.2) is 28.7 Å². The van der Waals surface area contributed by atoms with Gasteiger partial charge in [-0.15, -0.1) is 0 Å². The van der Waals surface area contributed by atoms with Crippen molar-refractivity contribution < 1.29 is 5.11 Å². The van der Waals surface area contributed by atoms with Gasteiger partial charge in [0.05, 0.1) is 0 Å². The van der Waals surface area contributed by atoms with Crippen molar-refractivity contribution in [1.82, 2.24) is 0 Å². The maximum Gasteiger partial charge on any atom is 0.0500 e. The van der Waals surface area contributed by atoms with Crippen LogP contribution < -0.4 is 0 Å². The minimum atomic E-state index is 0.221. The molecule has 0 fully saturated rings. The Morgan fingerprint density at radius 3 is 2.38 bits per heavy atom. The molecule has 0 amide bonds. The standard InChI is InChI=1S/C14H21BrO/c1-14(2,3)9-8-11(10-16)12-6-4-5-7-13(12)15/h4-7,11,16H,8-10H2,1-3H3. The molecule has 1 N–H and O–H groups in total. The summed E-state index contributed by atoms with van der Waals surface area (Å²) in [4.78, 5) is 0. The van der Waals surface area contributed by atoms with Gasteiger partial charge in [-0.2, -0.15) is 0 Å². The minimum Gasteiger partial charge on any atom is -0.396 e. The fourth-order valence-electron chi connectivity index (χ4n) is 1.76. The minimum absolute atomic E-state index is 0.221. The van der Waals surface area contributed by atoms with Crippen LogP contribution in [-0.2, 0) is 0 Å². The van der Waals surface area contributed by atoms with E-state index in [4.69, 9.17) is 0 Å². The summed E-state index contributed by atoms with van der Waals surface area (Å²) in [6, 6.07) is 8.16. The van der Waals surface area contributed by atoms with Crippen LogP contribution in [0.1, 0.15) is 45.1 Å². The lowest BCUT2D eigenvalue weighted by Gasteiger charge is -2.22. The molecule has 0 radical (unpaired) electrons. The number of halogens is 1. The summed E-state index contributed by atoms with van der Waals surface area (Å²) in [5.41, 5.74) is 1.54. The van der Waals surface area contributed by atoms with Crippen LogP contribution in [0.2, 0.25) is 0 Å². The molecule has 0 aromatic heterocycles. The average molecular weight is 285 g/mol. The summed E-state index contributed by atoms with van der Waals surface area (Å²) >= 11 is 3.55. The Kier molecular flexibility index (Phi) is 5.00. The van der Waals surface area contributed by atoms with Gasteiger partial charge in [0, 0.05) is 17.0 Å². The highest BCUT2D eigenvalue weighted by molar-refractivity contribution is 9.10. The van der Waals surface area contributed by atoms with Crippen LogP contribution >= 0.6 is 15.9 Å². The van der Waals surface area contributed by atoms with Gasteiger partial charge in [-0.05, 0) is 29.9 Å². The quantitative estimate of drug-likeness (QED) is 0.872. The number of aliphatic hydroxyl groups excluding tert-OH is 1. The fraction of sp³-hybridized carbons (Fsp3) is 0.571. The smallest absolute Gasteiger partial charge is 0.0500 e. The summed E-state index contributed by atoms with van der Waals surface area (Å²) in [5, 5.41) is 9.48. The monoisotopic (exact) mass is 284 g/mol. The third-order valence-electron chi connectivity index (χ3n) is 2.81. The molecule has 0 bridgehead atoms. The lowest BCUT2D eigenvalue weighted by atomic mass is 9.84. The van der Waals surface area contributed by atoms with Crippen LogP contribution in [0.4, 0.5) is 0 Å². The van der Waals surface area contributed by atoms with Crippen molar-refractivity contribution in [3.05, 3.63) is 34.3 Å². The highest BCUT2D eigenvalue weighted by atomic mass is 79.9. The predicted molar refractivity (Wildman–Crippen MR) is 72.7 cm³/mol. The van der Waals surface area contributed by atoms with Gasteiger partial charge in [-0.3, -0.25) is 0 Å². The number of hydrogen-bond acceptors (Lipinski definition) is 1. The average Bonchev–Trinajstić information content (AvgIpc) is 2.20. The van der Waals surface area contributed by atoms with Crippen molar-refractivity contribution in [1.29, 1.82) is 0 Å². The van der Waals surface area contributed by atoms with E-state index in [1.165, 1.54) is 5.56 Å². The lowest BCUT2D eigenvalue weighted by Crippen LogP contribution is -2.11. The third kappa shape index (κ3) is 4.26. The molecule has 0 aliphatic heterocycles. The molecule has 1 nitrogen and oxygen atoms in total. The van der Waals surface area contributed by atoms with E-state index in [9.17, 15) is 5.11 Å². The molecule has 0 saturated carbocycles. The van der Waals surface area contributed by atoms with Crippen molar-refractivity contribution >= 4 is 15.9 Å². The molecular formula is C14H21BrO. The second kappa shape index (κ2) is 5.83. The van der Waals surface area contributed by atoms with E-state index < -0.39 is 0 Å². The first kappa shape index (κ1) is 13.7. The zero-order chi connectivity index (χ0) is 12.2. The van der Waals surface area contributed by atoms with Gasteiger partial charge in [-0.25, -0.2) is 0 Å². The van der Waals surface area contributed by atoms with E-state index in [1.54, 1.807) is 0 Å². The molecule has 0 aliphatic rings. The number of aliphatic hydroxyl groups is 1. The summed E-state index contributed by atoms with van der Waals surface area (Å²) in [6.45, 7) is 6.93. The van der Waals surface area contributed by atoms with E-state index in [0.717, 1.165) is 17.3 Å². The zero-order valence-electron chi connectivity index (χ0n) is 10.3. The summed E-state index contributed by atoms with van der Waals surface area (Å²) in [5.74, 6) is 0.245. The summed E-state index contributed by atoms with van der Waals surface area (Å²) in [7, 11) is 0. The molecule has 0 heterocycles. The van der Waals surface area contributed by atoms with Crippen LogP contribution in [-0.4, -0.2) is 11.7 Å². The van der Waals surface area contributed by atoms with Gasteiger partial charge in [0.2, 0.25) is 0 Å². The maximum absolute atomic E-state index is 9.48. The molecule has 1 rings (SSSR count). The molecule has 1 unspecified atom stereocenters. The molecule has 90 valence electrons. The first-order valence-corrected chi connectivity index (χ1v) is 6.58. The van der Waals surface area contributed by atoms with E-state index in [0.29, 0.717) is 5.41 Å². The van der Waals surface area contributed by atoms with Crippen LogP contribution in [0.5, 0.6) is 0 Å². The molecule has 1 aromatic rings. The largest absolute Gasteiger partial charge is 0.396 e. The Balaban J connectivity index is 2.72. The number of benzene rings is 1. The number of hydrogen-bond donors (Lipinski definition) is 1. The molecule has 16 heavy (non-hydrogen) atoms. The van der Waals surface area contributed by atoms with Gasteiger partial charge >= 0.3 is 0 Å². The topological polar surface area (TPSA) is 20.2 Å².